The van der Waals surface area contributed by atoms with Gasteiger partial charge in [0.05, 0.1) is 0 Å². The monoisotopic (exact) mass is 610 g/mol. The summed E-state index contributed by atoms with van der Waals surface area (Å²) in [5.41, 5.74) is 14.4. The average molecular weight is 611 g/mol. The molecule has 0 saturated carbocycles. The predicted octanol–water partition coefficient (Wildman–Crippen LogP) is 12.7. The lowest BCUT2D eigenvalue weighted by Crippen LogP contribution is -1.98. The van der Waals surface area contributed by atoms with E-state index < -0.39 is 0 Å². The van der Waals surface area contributed by atoms with Gasteiger partial charge in [0.15, 0.2) is 0 Å². The molecular formula is C44H50O2. The summed E-state index contributed by atoms with van der Waals surface area (Å²) in [5, 5.41) is 0. The Bertz CT molecular complexity index is 1550. The number of fused-ring (bicyclic) bond motifs is 6. The average Bonchev–Trinajstić information content (AvgIpc) is 3.58. The molecule has 2 nitrogen and oxygen atoms in total. The van der Waals surface area contributed by atoms with Gasteiger partial charge in [-0.3, -0.25) is 9.59 Å². The van der Waals surface area contributed by atoms with Crippen LogP contribution < -0.4 is 0 Å². The highest BCUT2D eigenvalue weighted by Crippen LogP contribution is 2.51. The van der Waals surface area contributed by atoms with Crippen LogP contribution in [0.25, 0.3) is 33.4 Å². The van der Waals surface area contributed by atoms with Crippen LogP contribution in [0.5, 0.6) is 0 Å². The molecule has 0 spiro atoms. The Hall–Kier alpha value is -3.78. The second kappa shape index (κ2) is 15.2. The minimum atomic E-state index is 0.391. The van der Waals surface area contributed by atoms with Gasteiger partial charge in [0, 0.05) is 23.0 Å². The first kappa shape index (κ1) is 32.2. The van der Waals surface area contributed by atoms with Crippen molar-refractivity contribution < 1.29 is 9.59 Å². The molecule has 0 radical (unpaired) electrons. The molecule has 46 heavy (non-hydrogen) atoms. The van der Waals surface area contributed by atoms with Gasteiger partial charge in [-0.05, 0) is 92.7 Å². The Labute approximate surface area is 276 Å². The second-order valence-electron chi connectivity index (χ2n) is 13.8. The number of hydrogen-bond donors (Lipinski definition) is 0. The van der Waals surface area contributed by atoms with E-state index in [-0.39, 0.29) is 0 Å². The summed E-state index contributed by atoms with van der Waals surface area (Å²) in [6, 6.07) is 26.6. The zero-order chi connectivity index (χ0) is 31.9. The summed E-state index contributed by atoms with van der Waals surface area (Å²) in [7, 11) is 0. The Kier molecular flexibility index (Phi) is 10.6. The van der Waals surface area contributed by atoms with Crippen LogP contribution in [0, 0.1) is 0 Å². The standard InChI is InChI=1S/C44H50O2/c1-3-5-7-9-11-13-15-35-37-21-17-31(29-45)25-41(37)43-27-33(19-23-39(35)43)34-20-24-40-36(16-14-12-10-8-6-4-2)38-22-18-32(30-46)26-42(38)44(40)28-34/h17-30,35-36H,3-16H2,1-2H3. The summed E-state index contributed by atoms with van der Waals surface area (Å²) in [4.78, 5) is 23.5. The predicted molar refractivity (Wildman–Crippen MR) is 193 cm³/mol. The van der Waals surface area contributed by atoms with Crippen LogP contribution in [0.4, 0.5) is 0 Å². The van der Waals surface area contributed by atoms with Crippen molar-refractivity contribution in [3.05, 3.63) is 106 Å². The molecule has 0 saturated heterocycles. The van der Waals surface area contributed by atoms with Gasteiger partial charge in [0.1, 0.15) is 12.6 Å². The van der Waals surface area contributed by atoms with E-state index in [4.69, 9.17) is 0 Å². The van der Waals surface area contributed by atoms with E-state index in [1.807, 2.05) is 12.1 Å². The maximum Gasteiger partial charge on any atom is 0.150 e. The first-order valence-corrected chi connectivity index (χ1v) is 18.1. The third-order valence-electron chi connectivity index (χ3n) is 10.6. The van der Waals surface area contributed by atoms with Crippen LogP contribution in [0.15, 0.2) is 72.8 Å². The molecule has 2 aliphatic carbocycles. The van der Waals surface area contributed by atoms with E-state index >= 15 is 0 Å². The van der Waals surface area contributed by atoms with Gasteiger partial charge >= 0.3 is 0 Å². The lowest BCUT2D eigenvalue weighted by molar-refractivity contribution is 0.111. The molecule has 238 valence electrons. The van der Waals surface area contributed by atoms with Crippen molar-refractivity contribution in [3.63, 3.8) is 0 Å². The summed E-state index contributed by atoms with van der Waals surface area (Å²) < 4.78 is 0. The van der Waals surface area contributed by atoms with E-state index in [0.29, 0.717) is 11.8 Å². The molecule has 0 aliphatic heterocycles. The fourth-order valence-corrected chi connectivity index (χ4v) is 8.13. The van der Waals surface area contributed by atoms with Crippen LogP contribution in [-0.4, -0.2) is 12.6 Å². The highest BCUT2D eigenvalue weighted by atomic mass is 16.1. The summed E-state index contributed by atoms with van der Waals surface area (Å²) >= 11 is 0. The fraction of sp³-hybridized carbons (Fsp3) is 0.409. The minimum absolute atomic E-state index is 0.391. The van der Waals surface area contributed by atoms with Crippen molar-refractivity contribution in [2.45, 2.75) is 116 Å². The van der Waals surface area contributed by atoms with Crippen LogP contribution in [0.3, 0.4) is 0 Å². The fourth-order valence-electron chi connectivity index (χ4n) is 8.13. The van der Waals surface area contributed by atoms with Crippen molar-refractivity contribution in [1.29, 1.82) is 0 Å². The maximum atomic E-state index is 11.8. The van der Waals surface area contributed by atoms with Gasteiger partial charge in [0.2, 0.25) is 0 Å². The van der Waals surface area contributed by atoms with Gasteiger partial charge in [0.25, 0.3) is 0 Å². The molecule has 0 amide bonds. The molecule has 2 heteroatoms. The third kappa shape index (κ3) is 6.68. The van der Waals surface area contributed by atoms with Gasteiger partial charge in [-0.2, -0.15) is 0 Å². The zero-order valence-electron chi connectivity index (χ0n) is 28.0. The molecule has 0 N–H and O–H groups in total. The van der Waals surface area contributed by atoms with Crippen molar-refractivity contribution in [1.82, 2.24) is 0 Å². The Morgan fingerprint density at radius 1 is 0.435 bits per heavy atom. The Balaban J connectivity index is 1.29. The largest absolute Gasteiger partial charge is 0.298 e. The molecule has 4 aromatic rings. The number of unbranched alkanes of at least 4 members (excludes halogenated alkanes) is 10. The highest BCUT2D eigenvalue weighted by Gasteiger charge is 2.31. The molecular weight excluding hydrogens is 560 g/mol. The van der Waals surface area contributed by atoms with Crippen LogP contribution in [0.2, 0.25) is 0 Å². The number of aldehydes is 2. The van der Waals surface area contributed by atoms with Crippen LogP contribution >= 0.6 is 0 Å². The molecule has 0 heterocycles. The number of carbonyl (C=O) groups is 2. The molecule has 2 aliphatic rings. The van der Waals surface area contributed by atoms with Crippen molar-refractivity contribution in [2.24, 2.45) is 0 Å². The van der Waals surface area contributed by atoms with Gasteiger partial charge < -0.3 is 0 Å². The van der Waals surface area contributed by atoms with Gasteiger partial charge in [-0.25, -0.2) is 0 Å². The molecule has 0 aromatic heterocycles. The van der Waals surface area contributed by atoms with E-state index in [2.05, 4.69) is 74.5 Å². The maximum absolute atomic E-state index is 11.8. The Morgan fingerprint density at radius 3 is 1.17 bits per heavy atom. The van der Waals surface area contributed by atoms with E-state index in [1.165, 1.54) is 133 Å². The van der Waals surface area contributed by atoms with E-state index in [9.17, 15) is 9.59 Å². The number of benzene rings is 4. The van der Waals surface area contributed by atoms with Gasteiger partial charge in [-0.1, -0.05) is 139 Å². The van der Waals surface area contributed by atoms with Crippen LogP contribution in [0.1, 0.15) is 159 Å². The molecule has 0 fully saturated rings. The first-order chi connectivity index (χ1) is 22.7. The van der Waals surface area contributed by atoms with Gasteiger partial charge in [-0.15, -0.1) is 0 Å². The first-order valence-electron chi connectivity index (χ1n) is 18.1. The second-order valence-corrected chi connectivity index (χ2v) is 13.8. The van der Waals surface area contributed by atoms with Crippen molar-refractivity contribution >= 4 is 12.6 Å². The van der Waals surface area contributed by atoms with Crippen molar-refractivity contribution in [3.8, 4) is 33.4 Å². The SMILES string of the molecule is CCCCCCCCC1c2ccc(C=O)cc2-c2cc(-c3ccc4c(c3)-c3cc(C=O)ccc3C4CCCCCCCC)ccc21. The summed E-state index contributed by atoms with van der Waals surface area (Å²) in [6.45, 7) is 4.54. The third-order valence-corrected chi connectivity index (χ3v) is 10.6. The quantitative estimate of drug-likeness (QED) is 0.0880. The van der Waals surface area contributed by atoms with E-state index in [0.717, 1.165) is 36.5 Å². The minimum Gasteiger partial charge on any atom is -0.298 e. The molecule has 0 bridgehead atoms. The summed E-state index contributed by atoms with van der Waals surface area (Å²) in [6.07, 6.45) is 19.8. The molecule has 2 unspecified atom stereocenters. The highest BCUT2D eigenvalue weighted by molar-refractivity contribution is 5.90. The zero-order valence-corrected chi connectivity index (χ0v) is 28.0. The normalized spacial score (nSPS) is 15.7. The molecule has 2 atom stereocenters. The Morgan fingerprint density at radius 2 is 0.783 bits per heavy atom. The number of rotatable bonds is 17. The van der Waals surface area contributed by atoms with Crippen molar-refractivity contribution in [2.75, 3.05) is 0 Å². The molecule has 6 rings (SSSR count). The van der Waals surface area contributed by atoms with E-state index in [1.54, 1.807) is 0 Å². The topological polar surface area (TPSA) is 34.1 Å². The van der Waals surface area contributed by atoms with Crippen LogP contribution in [-0.2, 0) is 0 Å². The molecule has 4 aromatic carbocycles. The number of hydrogen-bond acceptors (Lipinski definition) is 2. The number of carbonyl (C=O) groups excluding carboxylic acids is 2. The summed E-state index contributed by atoms with van der Waals surface area (Å²) in [5.74, 6) is 0.782. The lowest BCUT2D eigenvalue weighted by Gasteiger charge is -2.15. The lowest BCUT2D eigenvalue weighted by atomic mass is 9.89. The smallest absolute Gasteiger partial charge is 0.150 e.